The minimum Gasteiger partial charge on any atom is -0.409 e. The van der Waals surface area contributed by atoms with Crippen LogP contribution in [0.4, 0.5) is 0 Å². The summed E-state index contributed by atoms with van der Waals surface area (Å²) in [6.45, 7) is 21.8. The Hall–Kier alpha value is -1.37. The van der Waals surface area contributed by atoms with E-state index in [4.69, 9.17) is 18.3 Å². The summed E-state index contributed by atoms with van der Waals surface area (Å²) in [6, 6.07) is 12.7. The van der Waals surface area contributed by atoms with Gasteiger partial charge in [-0.3, -0.25) is 4.79 Å². The van der Waals surface area contributed by atoms with Crippen molar-refractivity contribution in [2.45, 2.75) is 147 Å². The lowest BCUT2D eigenvalue weighted by atomic mass is 9.96. The van der Waals surface area contributed by atoms with Gasteiger partial charge in [-0.05, 0) is 62.1 Å². The molecule has 40 heavy (non-hydrogen) atoms. The fourth-order valence-electron chi connectivity index (χ4n) is 5.75. The second-order valence-electron chi connectivity index (χ2n) is 13.5. The molecule has 1 aromatic carbocycles. The Morgan fingerprint density at radius 2 is 1.60 bits per heavy atom. The van der Waals surface area contributed by atoms with Crippen LogP contribution < -0.4 is 0 Å². The van der Waals surface area contributed by atoms with E-state index in [1.807, 2.05) is 49.1 Å². The molecule has 1 amide bonds. The lowest BCUT2D eigenvalue weighted by molar-refractivity contribution is -0.162. The molecule has 2 fully saturated rings. The third-order valence-electron chi connectivity index (χ3n) is 9.45. The van der Waals surface area contributed by atoms with E-state index in [1.165, 1.54) is 0 Å². The largest absolute Gasteiger partial charge is 0.409 e. The molecule has 0 saturated carbocycles. The van der Waals surface area contributed by atoms with E-state index >= 15 is 0 Å². The topological polar surface area (TPSA) is 74.3 Å². The number of rotatable bonds is 13. The molecule has 0 N–H and O–H groups in total. The van der Waals surface area contributed by atoms with E-state index in [1.54, 1.807) is 0 Å². The van der Waals surface area contributed by atoms with Gasteiger partial charge in [0.15, 0.2) is 22.4 Å². The Balaban J connectivity index is 2.06. The van der Waals surface area contributed by atoms with Crippen LogP contribution in [0.25, 0.3) is 0 Å². The lowest BCUT2D eigenvalue weighted by Crippen LogP contribution is -2.59. The molecular weight excluding hydrogens is 539 g/mol. The van der Waals surface area contributed by atoms with E-state index < -0.39 is 46.8 Å². The third-order valence-corrected chi connectivity index (χ3v) is 18.6. The van der Waals surface area contributed by atoms with Crippen LogP contribution in [0.15, 0.2) is 30.3 Å². The number of hydrogen-bond donors (Lipinski definition) is 0. The van der Waals surface area contributed by atoms with E-state index in [-0.39, 0.29) is 17.0 Å². The van der Waals surface area contributed by atoms with Crippen LogP contribution in [-0.4, -0.2) is 70.0 Å². The zero-order valence-corrected chi connectivity index (χ0v) is 28.5. The molecule has 226 valence electrons. The summed E-state index contributed by atoms with van der Waals surface area (Å²) in [5.41, 5.74) is 1.08. The molecule has 2 aliphatic heterocycles. The van der Waals surface area contributed by atoms with Crippen molar-refractivity contribution in [3.8, 4) is 0 Å². The molecule has 1 aromatic rings. The third kappa shape index (κ3) is 7.34. The SMILES string of the molecule is CC[Si](CC)(CC)O[C@H](C=O)[C@H]1OC(C)(C)O[C@@H]1[C@H](O[Si](C)(C)C(C)(C)C)[C@@H]1CCC(=O)N1Cc1ccccc1. The van der Waals surface area contributed by atoms with Gasteiger partial charge in [0.05, 0.1) is 12.1 Å². The Bertz CT molecular complexity index is 983. The Kier molecular flexibility index (Phi) is 10.7. The molecule has 5 atom stereocenters. The monoisotopic (exact) mass is 591 g/mol. The van der Waals surface area contributed by atoms with Crippen molar-refractivity contribution in [2.24, 2.45) is 0 Å². The number of ether oxygens (including phenoxy) is 2. The number of nitrogens with zero attached hydrogens (tertiary/aromatic N) is 1. The van der Waals surface area contributed by atoms with Crippen LogP contribution in [0.3, 0.4) is 0 Å². The number of likely N-dealkylation sites (tertiary alicyclic amines) is 1. The first-order valence-corrected chi connectivity index (χ1v) is 20.6. The average Bonchev–Trinajstić information content (AvgIpc) is 3.42. The molecule has 2 saturated heterocycles. The molecular formula is C31H53NO6Si2. The van der Waals surface area contributed by atoms with Gasteiger partial charge in [-0.1, -0.05) is 71.9 Å². The summed E-state index contributed by atoms with van der Waals surface area (Å²) in [7, 11) is -4.46. The maximum Gasteiger partial charge on any atom is 0.223 e. The molecule has 0 radical (unpaired) electrons. The van der Waals surface area contributed by atoms with Gasteiger partial charge in [-0.25, -0.2) is 0 Å². The van der Waals surface area contributed by atoms with Crippen molar-refractivity contribution < 1.29 is 27.9 Å². The fraction of sp³-hybridized carbons (Fsp3) is 0.742. The first kappa shape index (κ1) is 33.1. The van der Waals surface area contributed by atoms with Gasteiger partial charge in [0.25, 0.3) is 0 Å². The number of carbonyl (C=O) groups is 2. The molecule has 3 rings (SSSR count). The zero-order chi connectivity index (χ0) is 29.9. The average molecular weight is 592 g/mol. The molecule has 0 bridgehead atoms. The predicted octanol–water partition coefficient (Wildman–Crippen LogP) is 6.68. The molecule has 2 heterocycles. The number of carbonyl (C=O) groups excluding carboxylic acids is 2. The van der Waals surface area contributed by atoms with E-state index in [0.29, 0.717) is 19.4 Å². The molecule has 0 unspecified atom stereocenters. The summed E-state index contributed by atoms with van der Waals surface area (Å²) in [4.78, 5) is 28.0. The highest BCUT2D eigenvalue weighted by atomic mass is 28.4. The lowest BCUT2D eigenvalue weighted by Gasteiger charge is -2.45. The zero-order valence-electron chi connectivity index (χ0n) is 26.5. The van der Waals surface area contributed by atoms with E-state index in [0.717, 1.165) is 30.0 Å². The second-order valence-corrected chi connectivity index (χ2v) is 23.0. The Labute approximate surface area is 244 Å². The highest BCUT2D eigenvalue weighted by Crippen LogP contribution is 2.43. The summed E-state index contributed by atoms with van der Waals surface area (Å²) < 4.78 is 27.1. The highest BCUT2D eigenvalue weighted by Gasteiger charge is 2.56. The molecule has 0 spiro atoms. The van der Waals surface area contributed by atoms with Gasteiger partial charge in [0.2, 0.25) is 5.91 Å². The number of amides is 1. The molecule has 0 aliphatic carbocycles. The van der Waals surface area contributed by atoms with Crippen LogP contribution in [0, 0.1) is 0 Å². The first-order chi connectivity index (χ1) is 18.6. The smallest absolute Gasteiger partial charge is 0.223 e. The second kappa shape index (κ2) is 12.9. The fourth-order valence-corrected chi connectivity index (χ4v) is 9.84. The van der Waals surface area contributed by atoms with Gasteiger partial charge in [0.1, 0.15) is 24.6 Å². The van der Waals surface area contributed by atoms with E-state index in [2.05, 4.69) is 54.6 Å². The summed E-state index contributed by atoms with van der Waals surface area (Å²) in [6.07, 6.45) is -0.392. The first-order valence-electron chi connectivity index (χ1n) is 15.1. The summed E-state index contributed by atoms with van der Waals surface area (Å²) in [5.74, 6) is -0.804. The normalized spacial score (nSPS) is 25.3. The Morgan fingerprint density at radius 1 is 1.02 bits per heavy atom. The van der Waals surface area contributed by atoms with Crippen LogP contribution in [0.5, 0.6) is 0 Å². The number of hydrogen-bond acceptors (Lipinski definition) is 6. The highest BCUT2D eigenvalue weighted by molar-refractivity contribution is 6.74. The van der Waals surface area contributed by atoms with E-state index in [9.17, 15) is 9.59 Å². The molecule has 0 aromatic heterocycles. The van der Waals surface area contributed by atoms with Gasteiger partial charge in [-0.15, -0.1) is 0 Å². The van der Waals surface area contributed by atoms with Gasteiger partial charge >= 0.3 is 0 Å². The number of aldehydes is 1. The minimum absolute atomic E-state index is 0.0577. The Morgan fingerprint density at radius 3 is 2.12 bits per heavy atom. The van der Waals surface area contributed by atoms with Crippen molar-refractivity contribution in [3.05, 3.63) is 35.9 Å². The predicted molar refractivity (Wildman–Crippen MR) is 164 cm³/mol. The van der Waals surface area contributed by atoms with Crippen molar-refractivity contribution in [3.63, 3.8) is 0 Å². The van der Waals surface area contributed by atoms with Crippen LogP contribution in [0.2, 0.25) is 36.3 Å². The maximum atomic E-state index is 13.3. The van der Waals surface area contributed by atoms with Crippen molar-refractivity contribution in [1.82, 2.24) is 4.90 Å². The molecule has 7 nitrogen and oxygen atoms in total. The van der Waals surface area contributed by atoms with Gasteiger partial charge in [-0.2, -0.15) is 0 Å². The minimum atomic E-state index is -2.33. The standard InChI is InChI=1S/C31H53NO6Si2/c1-11-40(12-2,13-3)37-25(22-33)28-29(36-31(7,8)35-28)27(38-39(9,10)30(4,5)6)24-19-20-26(34)32(24)21-23-17-15-14-16-18-23/h14-18,22,24-25,27-29H,11-13,19-21H2,1-10H3/t24-,25+,27+,28+,29+/m0/s1. The van der Waals surface area contributed by atoms with Crippen molar-refractivity contribution in [1.29, 1.82) is 0 Å². The van der Waals surface area contributed by atoms with Crippen molar-refractivity contribution >= 4 is 28.8 Å². The number of benzene rings is 1. The van der Waals surface area contributed by atoms with Gasteiger partial charge in [0, 0.05) is 13.0 Å². The van der Waals surface area contributed by atoms with Gasteiger partial charge < -0.3 is 28.0 Å². The van der Waals surface area contributed by atoms with Crippen molar-refractivity contribution in [2.75, 3.05) is 0 Å². The van der Waals surface area contributed by atoms with Crippen LogP contribution >= 0.6 is 0 Å². The molecule has 2 aliphatic rings. The summed E-state index contributed by atoms with van der Waals surface area (Å²) in [5, 5.41) is -0.0577. The summed E-state index contributed by atoms with van der Waals surface area (Å²) >= 11 is 0. The van der Waals surface area contributed by atoms with Crippen LogP contribution in [0.1, 0.15) is 73.8 Å². The maximum absolute atomic E-state index is 13.3. The van der Waals surface area contributed by atoms with Crippen LogP contribution in [-0.2, 0) is 34.5 Å². The molecule has 9 heteroatoms. The quantitative estimate of drug-likeness (QED) is 0.188.